The van der Waals surface area contributed by atoms with E-state index in [0.29, 0.717) is 22.4 Å². The molecule has 124 valence electrons. The Balaban J connectivity index is 1.55. The smallest absolute Gasteiger partial charge is 0.417 e. The first-order valence-corrected chi connectivity index (χ1v) is 7.57. The molecular weight excluding hydrogens is 322 g/mol. The largest absolute Gasteiger partial charge is 0.485 e. The maximum atomic E-state index is 12.4. The SMILES string of the molecule is O=C(COc1ccccc1-c1cnc[nH]1)c1ccc2[nH]c(=O)oc2c1. The summed E-state index contributed by atoms with van der Waals surface area (Å²) in [5.41, 5.74) is 2.92. The van der Waals surface area contributed by atoms with Crippen LogP contribution in [0.5, 0.6) is 5.75 Å². The lowest BCUT2D eigenvalue weighted by atomic mass is 10.1. The van der Waals surface area contributed by atoms with Gasteiger partial charge in [0.1, 0.15) is 5.75 Å². The molecule has 0 aliphatic heterocycles. The third kappa shape index (κ3) is 2.94. The molecule has 7 nitrogen and oxygen atoms in total. The Morgan fingerprint density at radius 1 is 1.20 bits per heavy atom. The molecule has 2 aromatic heterocycles. The van der Waals surface area contributed by atoms with E-state index < -0.39 is 5.76 Å². The Bertz CT molecular complexity index is 1090. The van der Waals surface area contributed by atoms with Crippen LogP contribution >= 0.6 is 0 Å². The number of Topliss-reactive ketones (excluding diaryl/α,β-unsaturated/α-hetero) is 1. The average molecular weight is 335 g/mol. The summed E-state index contributed by atoms with van der Waals surface area (Å²) in [6.07, 6.45) is 3.27. The van der Waals surface area contributed by atoms with Crippen LogP contribution in [-0.4, -0.2) is 27.3 Å². The van der Waals surface area contributed by atoms with Crippen LogP contribution in [0.1, 0.15) is 10.4 Å². The highest BCUT2D eigenvalue weighted by Crippen LogP contribution is 2.28. The van der Waals surface area contributed by atoms with E-state index in [1.54, 1.807) is 30.7 Å². The third-order valence-corrected chi connectivity index (χ3v) is 3.78. The van der Waals surface area contributed by atoms with Crippen molar-refractivity contribution in [3.63, 3.8) is 0 Å². The van der Waals surface area contributed by atoms with E-state index in [2.05, 4.69) is 15.0 Å². The number of fused-ring (bicyclic) bond motifs is 1. The molecule has 25 heavy (non-hydrogen) atoms. The number of para-hydroxylation sites is 1. The number of nitrogens with zero attached hydrogens (tertiary/aromatic N) is 1. The predicted octanol–water partition coefficient (Wildman–Crippen LogP) is 2.77. The summed E-state index contributed by atoms with van der Waals surface area (Å²) in [6, 6.07) is 12.2. The summed E-state index contributed by atoms with van der Waals surface area (Å²) >= 11 is 0. The zero-order valence-electron chi connectivity index (χ0n) is 13.0. The van der Waals surface area contributed by atoms with Crippen molar-refractivity contribution in [2.24, 2.45) is 0 Å². The fourth-order valence-corrected chi connectivity index (χ4v) is 2.56. The number of rotatable bonds is 5. The van der Waals surface area contributed by atoms with Gasteiger partial charge in [-0.15, -0.1) is 0 Å². The molecule has 0 aliphatic rings. The zero-order valence-corrected chi connectivity index (χ0v) is 13.0. The van der Waals surface area contributed by atoms with Crippen LogP contribution in [0.3, 0.4) is 0 Å². The van der Waals surface area contributed by atoms with Gasteiger partial charge < -0.3 is 14.1 Å². The van der Waals surface area contributed by atoms with Gasteiger partial charge in [-0.25, -0.2) is 9.78 Å². The summed E-state index contributed by atoms with van der Waals surface area (Å²) in [6.45, 7) is -0.134. The molecule has 0 fully saturated rings. The number of hydrogen-bond donors (Lipinski definition) is 2. The van der Waals surface area contributed by atoms with Crippen LogP contribution in [0.2, 0.25) is 0 Å². The molecule has 0 atom stereocenters. The van der Waals surface area contributed by atoms with E-state index in [1.807, 2.05) is 18.2 Å². The molecule has 2 heterocycles. The molecule has 2 aromatic carbocycles. The lowest BCUT2D eigenvalue weighted by molar-refractivity contribution is 0.0922. The number of aromatic amines is 2. The third-order valence-electron chi connectivity index (χ3n) is 3.78. The normalized spacial score (nSPS) is 10.9. The molecule has 0 bridgehead atoms. The number of oxazole rings is 1. The minimum atomic E-state index is -0.552. The van der Waals surface area contributed by atoms with Crippen LogP contribution in [-0.2, 0) is 0 Å². The minimum absolute atomic E-state index is 0.134. The van der Waals surface area contributed by atoms with Gasteiger partial charge in [-0.1, -0.05) is 12.1 Å². The minimum Gasteiger partial charge on any atom is -0.485 e. The number of H-pyrrole nitrogens is 2. The maximum absolute atomic E-state index is 12.4. The summed E-state index contributed by atoms with van der Waals surface area (Å²) in [5.74, 6) is -0.191. The summed E-state index contributed by atoms with van der Waals surface area (Å²) in [4.78, 5) is 33.1. The van der Waals surface area contributed by atoms with Crippen molar-refractivity contribution >= 4 is 16.9 Å². The molecule has 0 saturated carbocycles. The average Bonchev–Trinajstić information content (AvgIpc) is 3.27. The highest BCUT2D eigenvalue weighted by atomic mass is 16.5. The van der Waals surface area contributed by atoms with Crippen molar-refractivity contribution < 1.29 is 13.9 Å². The second-order valence-electron chi connectivity index (χ2n) is 5.40. The number of benzene rings is 2. The summed E-state index contributed by atoms with van der Waals surface area (Å²) in [5, 5.41) is 0. The first kappa shape index (κ1) is 14.9. The highest BCUT2D eigenvalue weighted by molar-refractivity contribution is 5.99. The molecule has 0 unspecified atom stereocenters. The van der Waals surface area contributed by atoms with Crippen molar-refractivity contribution in [2.45, 2.75) is 0 Å². The first-order valence-electron chi connectivity index (χ1n) is 7.57. The van der Waals surface area contributed by atoms with E-state index in [0.717, 1.165) is 11.3 Å². The second-order valence-corrected chi connectivity index (χ2v) is 5.40. The predicted molar refractivity (Wildman–Crippen MR) is 90.7 cm³/mol. The maximum Gasteiger partial charge on any atom is 0.417 e. The zero-order chi connectivity index (χ0) is 17.2. The molecule has 0 amide bonds. The summed E-state index contributed by atoms with van der Waals surface area (Å²) in [7, 11) is 0. The molecule has 2 N–H and O–H groups in total. The van der Waals surface area contributed by atoms with Crippen LogP contribution in [0.25, 0.3) is 22.4 Å². The first-order chi connectivity index (χ1) is 12.2. The number of aromatic nitrogens is 3. The topological polar surface area (TPSA) is 101 Å². The lowest BCUT2D eigenvalue weighted by Crippen LogP contribution is -2.12. The second kappa shape index (κ2) is 6.12. The quantitative estimate of drug-likeness (QED) is 0.546. The van der Waals surface area contributed by atoms with Gasteiger partial charge in [0.05, 0.1) is 23.7 Å². The van der Waals surface area contributed by atoms with Gasteiger partial charge in [0.25, 0.3) is 0 Å². The Labute approximate surface area is 141 Å². The van der Waals surface area contributed by atoms with Crippen molar-refractivity contribution in [1.82, 2.24) is 15.0 Å². The fourth-order valence-electron chi connectivity index (χ4n) is 2.56. The van der Waals surface area contributed by atoms with Crippen LogP contribution in [0, 0.1) is 0 Å². The number of ether oxygens (including phenoxy) is 1. The number of nitrogens with one attached hydrogen (secondary N) is 2. The fraction of sp³-hybridized carbons (Fsp3) is 0.0556. The van der Waals surface area contributed by atoms with Gasteiger partial charge in [0.15, 0.2) is 18.0 Å². The molecule has 7 heteroatoms. The monoisotopic (exact) mass is 335 g/mol. The molecule has 0 radical (unpaired) electrons. The van der Waals surface area contributed by atoms with Crippen LogP contribution in [0.15, 0.2) is 64.2 Å². The number of imidazole rings is 1. The Morgan fingerprint density at radius 3 is 2.92 bits per heavy atom. The van der Waals surface area contributed by atoms with Crippen molar-refractivity contribution in [3.8, 4) is 17.0 Å². The van der Waals surface area contributed by atoms with Crippen LogP contribution < -0.4 is 10.5 Å². The lowest BCUT2D eigenvalue weighted by Gasteiger charge is -2.09. The van der Waals surface area contributed by atoms with Crippen LogP contribution in [0.4, 0.5) is 0 Å². The van der Waals surface area contributed by atoms with Gasteiger partial charge in [0.2, 0.25) is 0 Å². The van der Waals surface area contributed by atoms with E-state index in [4.69, 9.17) is 9.15 Å². The van der Waals surface area contributed by atoms with Crippen molar-refractivity contribution in [2.75, 3.05) is 6.61 Å². The Morgan fingerprint density at radius 2 is 2.08 bits per heavy atom. The van der Waals surface area contributed by atoms with Gasteiger partial charge in [-0.2, -0.15) is 0 Å². The van der Waals surface area contributed by atoms with Gasteiger partial charge in [-0.3, -0.25) is 9.78 Å². The number of carbonyl (C=O) groups is 1. The van der Waals surface area contributed by atoms with E-state index in [-0.39, 0.29) is 12.4 Å². The Hall–Kier alpha value is -3.61. The van der Waals surface area contributed by atoms with E-state index in [9.17, 15) is 9.59 Å². The molecular formula is C18H13N3O4. The summed E-state index contributed by atoms with van der Waals surface area (Å²) < 4.78 is 10.7. The molecule has 0 aliphatic carbocycles. The molecule has 0 saturated heterocycles. The molecule has 4 aromatic rings. The molecule has 4 rings (SSSR count). The van der Waals surface area contributed by atoms with E-state index >= 15 is 0 Å². The van der Waals surface area contributed by atoms with E-state index in [1.165, 1.54) is 6.07 Å². The van der Waals surface area contributed by atoms with Crippen molar-refractivity contribution in [3.05, 3.63) is 71.1 Å². The van der Waals surface area contributed by atoms with Gasteiger partial charge in [-0.05, 0) is 30.3 Å². The highest BCUT2D eigenvalue weighted by Gasteiger charge is 2.12. The number of ketones is 1. The van der Waals surface area contributed by atoms with Crippen molar-refractivity contribution in [1.29, 1.82) is 0 Å². The standard InChI is InChI=1S/C18H13N3O4/c22-15(11-5-6-13-17(7-11)25-18(23)21-13)9-24-16-4-2-1-3-12(16)14-8-19-10-20-14/h1-8,10H,9H2,(H,19,20)(H,21,23). The van der Waals surface area contributed by atoms with Gasteiger partial charge >= 0.3 is 5.76 Å². The molecule has 0 spiro atoms. The Kier molecular flexibility index (Phi) is 3.66. The number of hydrogen-bond acceptors (Lipinski definition) is 5. The van der Waals surface area contributed by atoms with Gasteiger partial charge in [0, 0.05) is 11.1 Å². The number of carbonyl (C=O) groups excluding carboxylic acids is 1.